The summed E-state index contributed by atoms with van der Waals surface area (Å²) in [4.78, 5) is 12.7. The second kappa shape index (κ2) is 6.55. The van der Waals surface area contributed by atoms with Gasteiger partial charge in [-0.05, 0) is 22.0 Å². The minimum absolute atomic E-state index is 0.0824. The Morgan fingerprint density at radius 2 is 2.25 bits per heavy atom. The monoisotopic (exact) mass is 289 g/mol. The number of nitrogens with zero attached hydrogens (tertiary/aromatic N) is 1. The van der Waals surface area contributed by atoms with Gasteiger partial charge in [0, 0.05) is 27.2 Å². The molecule has 0 unspecified atom stereocenters. The van der Waals surface area contributed by atoms with Gasteiger partial charge < -0.3 is 20.0 Å². The molecule has 0 bridgehead atoms. The maximum Gasteiger partial charge on any atom is 0.316 e. The molecule has 0 aromatic carbocycles. The predicted octanol–water partition coefficient (Wildman–Crippen LogP) is 1.40. The van der Waals surface area contributed by atoms with Gasteiger partial charge in [-0.25, -0.2) is 4.79 Å². The molecule has 0 radical (unpaired) electrons. The molecule has 2 amide bonds. The summed E-state index contributed by atoms with van der Waals surface area (Å²) in [7, 11) is 3.42. The van der Waals surface area contributed by atoms with Crippen LogP contribution in [0.2, 0.25) is 0 Å². The van der Waals surface area contributed by atoms with Crippen molar-refractivity contribution in [2.45, 2.75) is 6.54 Å². The largest absolute Gasteiger partial charge is 0.467 e. The van der Waals surface area contributed by atoms with Gasteiger partial charge in [-0.15, -0.1) is 0 Å². The average molecular weight is 290 g/mol. The predicted molar refractivity (Wildman–Crippen MR) is 65.2 cm³/mol. The van der Waals surface area contributed by atoms with Crippen LogP contribution < -0.4 is 10.6 Å². The van der Waals surface area contributed by atoms with E-state index in [9.17, 15) is 4.79 Å². The van der Waals surface area contributed by atoms with Gasteiger partial charge in [-0.1, -0.05) is 0 Å². The molecule has 0 aliphatic carbocycles. The molecule has 2 N–H and O–H groups in total. The molecule has 0 atom stereocenters. The summed E-state index contributed by atoms with van der Waals surface area (Å²) in [5.41, 5.74) is 0. The van der Waals surface area contributed by atoms with E-state index >= 15 is 0 Å². The molecule has 5 nitrogen and oxygen atoms in total. The van der Waals surface area contributed by atoms with E-state index in [2.05, 4.69) is 26.6 Å². The van der Waals surface area contributed by atoms with E-state index < -0.39 is 0 Å². The van der Waals surface area contributed by atoms with Crippen LogP contribution in [0.15, 0.2) is 21.2 Å². The highest BCUT2D eigenvalue weighted by Gasteiger charge is 2.03. The zero-order chi connectivity index (χ0) is 12.0. The highest BCUT2D eigenvalue weighted by molar-refractivity contribution is 9.10. The Kier molecular flexibility index (Phi) is 5.34. The van der Waals surface area contributed by atoms with Gasteiger partial charge in [0.25, 0.3) is 0 Å². The summed E-state index contributed by atoms with van der Waals surface area (Å²) >= 11 is 3.37. The van der Waals surface area contributed by atoms with E-state index in [1.807, 2.05) is 6.07 Å². The van der Waals surface area contributed by atoms with E-state index in [0.717, 1.165) is 10.2 Å². The quantitative estimate of drug-likeness (QED) is 0.806. The molecular formula is C10H16BrN3O2. The van der Waals surface area contributed by atoms with Crippen LogP contribution in [-0.2, 0) is 6.54 Å². The number of amides is 2. The first kappa shape index (κ1) is 13.1. The van der Waals surface area contributed by atoms with Crippen molar-refractivity contribution in [2.24, 2.45) is 0 Å². The molecule has 0 fully saturated rings. The summed E-state index contributed by atoms with van der Waals surface area (Å²) in [6.45, 7) is 1.94. The van der Waals surface area contributed by atoms with Crippen LogP contribution in [0.4, 0.5) is 4.79 Å². The molecule has 16 heavy (non-hydrogen) atoms. The van der Waals surface area contributed by atoms with E-state index in [-0.39, 0.29) is 6.03 Å². The lowest BCUT2D eigenvalue weighted by atomic mass is 10.4. The molecule has 1 aromatic rings. The second-order valence-corrected chi connectivity index (χ2v) is 4.35. The lowest BCUT2D eigenvalue weighted by molar-refractivity contribution is 0.217. The molecule has 1 aromatic heterocycles. The van der Waals surface area contributed by atoms with Crippen LogP contribution >= 0.6 is 15.9 Å². The molecule has 0 saturated carbocycles. The van der Waals surface area contributed by atoms with Gasteiger partial charge in [0.1, 0.15) is 5.76 Å². The number of rotatable bonds is 5. The minimum Gasteiger partial charge on any atom is -0.467 e. The maximum atomic E-state index is 11.1. The van der Waals surface area contributed by atoms with Crippen molar-refractivity contribution in [1.29, 1.82) is 0 Å². The normalized spacial score (nSPS) is 10.2. The molecule has 1 heterocycles. The van der Waals surface area contributed by atoms with Crippen LogP contribution in [-0.4, -0.2) is 38.1 Å². The summed E-state index contributed by atoms with van der Waals surface area (Å²) < 4.78 is 6.18. The van der Waals surface area contributed by atoms with Crippen LogP contribution in [0.3, 0.4) is 0 Å². The number of halogens is 1. The Labute approximate surface area is 103 Å². The third-order valence-corrected chi connectivity index (χ3v) is 2.67. The van der Waals surface area contributed by atoms with E-state index in [0.29, 0.717) is 19.6 Å². The van der Waals surface area contributed by atoms with Gasteiger partial charge in [-0.3, -0.25) is 0 Å². The van der Waals surface area contributed by atoms with Crippen molar-refractivity contribution >= 4 is 22.0 Å². The first-order valence-electron chi connectivity index (χ1n) is 4.99. The van der Waals surface area contributed by atoms with Gasteiger partial charge in [0.2, 0.25) is 0 Å². The summed E-state index contributed by atoms with van der Waals surface area (Å²) in [5, 5.41) is 5.92. The number of urea groups is 1. The van der Waals surface area contributed by atoms with Gasteiger partial charge in [0.05, 0.1) is 17.3 Å². The Bertz CT molecular complexity index is 339. The SMILES string of the molecule is CN(C)C(=O)NCCNCc1occc1Br. The van der Waals surface area contributed by atoms with Crippen LogP contribution in [0.1, 0.15) is 5.76 Å². The zero-order valence-electron chi connectivity index (χ0n) is 9.42. The topological polar surface area (TPSA) is 57.5 Å². The van der Waals surface area contributed by atoms with E-state index in [1.54, 1.807) is 20.4 Å². The van der Waals surface area contributed by atoms with Gasteiger partial charge in [-0.2, -0.15) is 0 Å². The zero-order valence-corrected chi connectivity index (χ0v) is 11.0. The van der Waals surface area contributed by atoms with Crippen molar-refractivity contribution in [1.82, 2.24) is 15.5 Å². The molecule has 0 saturated heterocycles. The van der Waals surface area contributed by atoms with Gasteiger partial charge in [0.15, 0.2) is 0 Å². The highest BCUT2D eigenvalue weighted by atomic mass is 79.9. The number of furan rings is 1. The first-order chi connectivity index (χ1) is 7.61. The minimum atomic E-state index is -0.0824. The fraction of sp³-hybridized carbons (Fsp3) is 0.500. The molecule has 0 aliphatic heterocycles. The molecule has 6 heteroatoms. The fourth-order valence-electron chi connectivity index (χ4n) is 1.07. The fourth-order valence-corrected chi connectivity index (χ4v) is 1.41. The number of hydrogen-bond acceptors (Lipinski definition) is 3. The van der Waals surface area contributed by atoms with E-state index in [1.165, 1.54) is 4.90 Å². The third kappa shape index (κ3) is 4.24. The lowest BCUT2D eigenvalue weighted by Crippen LogP contribution is -2.38. The van der Waals surface area contributed by atoms with Crippen molar-refractivity contribution in [3.05, 3.63) is 22.6 Å². The average Bonchev–Trinajstić information content (AvgIpc) is 2.63. The van der Waals surface area contributed by atoms with Crippen LogP contribution in [0.5, 0.6) is 0 Å². The third-order valence-electron chi connectivity index (χ3n) is 1.96. The smallest absolute Gasteiger partial charge is 0.316 e. The Morgan fingerprint density at radius 3 is 2.81 bits per heavy atom. The van der Waals surface area contributed by atoms with Crippen LogP contribution in [0, 0.1) is 0 Å². The lowest BCUT2D eigenvalue weighted by Gasteiger charge is -2.11. The molecule has 0 spiro atoms. The van der Waals surface area contributed by atoms with Crippen LogP contribution in [0.25, 0.3) is 0 Å². The van der Waals surface area contributed by atoms with E-state index in [4.69, 9.17) is 4.42 Å². The standard InChI is InChI=1S/C10H16BrN3O2/c1-14(2)10(15)13-5-4-12-7-9-8(11)3-6-16-9/h3,6,12H,4-5,7H2,1-2H3,(H,13,15). The summed E-state index contributed by atoms with van der Waals surface area (Å²) in [6.07, 6.45) is 1.63. The second-order valence-electron chi connectivity index (χ2n) is 3.49. The van der Waals surface area contributed by atoms with Crippen molar-refractivity contribution < 1.29 is 9.21 Å². The molecule has 1 rings (SSSR count). The van der Waals surface area contributed by atoms with Crippen molar-refractivity contribution in [3.63, 3.8) is 0 Å². The Hall–Kier alpha value is -1.01. The number of carbonyl (C=O) groups excluding carboxylic acids is 1. The Morgan fingerprint density at radius 1 is 1.50 bits per heavy atom. The number of carbonyl (C=O) groups is 1. The maximum absolute atomic E-state index is 11.1. The number of nitrogens with one attached hydrogen (secondary N) is 2. The highest BCUT2D eigenvalue weighted by Crippen LogP contribution is 2.16. The first-order valence-corrected chi connectivity index (χ1v) is 5.78. The molecular weight excluding hydrogens is 274 g/mol. The molecule has 90 valence electrons. The number of hydrogen-bond donors (Lipinski definition) is 2. The molecule has 0 aliphatic rings. The van der Waals surface area contributed by atoms with Gasteiger partial charge >= 0.3 is 6.03 Å². The summed E-state index contributed by atoms with van der Waals surface area (Å²) in [5.74, 6) is 0.860. The van der Waals surface area contributed by atoms with Crippen molar-refractivity contribution in [2.75, 3.05) is 27.2 Å². The Balaban J connectivity index is 2.09. The van der Waals surface area contributed by atoms with Crippen molar-refractivity contribution in [3.8, 4) is 0 Å². The summed E-state index contributed by atoms with van der Waals surface area (Å²) in [6, 6.07) is 1.77.